The minimum Gasteiger partial charge on any atom is -0.345 e. The maximum Gasteiger partial charge on any atom is 0.234 e. The highest BCUT2D eigenvalue weighted by Crippen LogP contribution is 2.35. The van der Waals surface area contributed by atoms with Gasteiger partial charge in [0.2, 0.25) is 5.91 Å². The van der Waals surface area contributed by atoms with Gasteiger partial charge in [0.25, 0.3) is 0 Å². The molecule has 0 spiro atoms. The van der Waals surface area contributed by atoms with E-state index in [0.717, 1.165) is 34.9 Å². The van der Waals surface area contributed by atoms with E-state index in [2.05, 4.69) is 53.6 Å². The van der Waals surface area contributed by atoms with Crippen molar-refractivity contribution in [1.29, 1.82) is 0 Å². The van der Waals surface area contributed by atoms with Crippen molar-refractivity contribution in [2.24, 2.45) is 0 Å². The van der Waals surface area contributed by atoms with Crippen LogP contribution in [0.5, 0.6) is 0 Å². The van der Waals surface area contributed by atoms with E-state index in [1.807, 2.05) is 41.3 Å². The standard InChI is InChI=1S/C26H25N3OS2/c1-31-21-13-8-14-22-24(21)27-26(32-22)29-17-15-28(16-18-29)25(30)23(19-9-4-2-5-10-19)20-11-6-3-7-12-20/h2-14,23H,15-18H2,1H3. The first-order valence-electron chi connectivity index (χ1n) is 10.8. The van der Waals surface area contributed by atoms with E-state index in [1.165, 1.54) is 9.60 Å². The smallest absolute Gasteiger partial charge is 0.234 e. The Labute approximate surface area is 196 Å². The van der Waals surface area contributed by atoms with Gasteiger partial charge < -0.3 is 9.80 Å². The monoisotopic (exact) mass is 459 g/mol. The molecule has 3 aromatic carbocycles. The lowest BCUT2D eigenvalue weighted by Gasteiger charge is -2.36. The second kappa shape index (κ2) is 9.35. The van der Waals surface area contributed by atoms with Crippen molar-refractivity contribution in [1.82, 2.24) is 9.88 Å². The first kappa shape index (κ1) is 21.0. The highest BCUT2D eigenvalue weighted by molar-refractivity contribution is 7.98. The van der Waals surface area contributed by atoms with Crippen molar-refractivity contribution in [2.45, 2.75) is 10.8 Å². The quantitative estimate of drug-likeness (QED) is 0.369. The topological polar surface area (TPSA) is 36.4 Å². The molecule has 1 amide bonds. The second-order valence-corrected chi connectivity index (χ2v) is 9.73. The zero-order valence-electron chi connectivity index (χ0n) is 18.0. The van der Waals surface area contributed by atoms with Crippen molar-refractivity contribution in [2.75, 3.05) is 37.3 Å². The molecular formula is C26H25N3OS2. The molecule has 1 fully saturated rings. The van der Waals surface area contributed by atoms with Crippen LogP contribution < -0.4 is 4.90 Å². The van der Waals surface area contributed by atoms with Crippen molar-refractivity contribution in [3.63, 3.8) is 0 Å². The van der Waals surface area contributed by atoms with Crippen molar-refractivity contribution in [3.8, 4) is 0 Å². The Morgan fingerprint density at radius 2 is 1.50 bits per heavy atom. The van der Waals surface area contributed by atoms with Crippen LogP contribution in [0.15, 0.2) is 83.8 Å². The fourth-order valence-corrected chi connectivity index (χ4v) is 5.95. The lowest BCUT2D eigenvalue weighted by atomic mass is 9.90. The van der Waals surface area contributed by atoms with Gasteiger partial charge in [-0.3, -0.25) is 4.79 Å². The van der Waals surface area contributed by atoms with Crippen LogP contribution in [0.4, 0.5) is 5.13 Å². The number of hydrogen-bond acceptors (Lipinski definition) is 5. The van der Waals surface area contributed by atoms with Crippen LogP contribution in [0.25, 0.3) is 10.2 Å². The number of hydrogen-bond donors (Lipinski definition) is 0. The molecule has 4 nitrogen and oxygen atoms in total. The summed E-state index contributed by atoms with van der Waals surface area (Å²) in [7, 11) is 0. The third-order valence-electron chi connectivity index (χ3n) is 5.97. The van der Waals surface area contributed by atoms with Crippen LogP contribution in [0.1, 0.15) is 17.0 Å². The number of nitrogens with zero attached hydrogens (tertiary/aromatic N) is 3. The summed E-state index contributed by atoms with van der Waals surface area (Å²) < 4.78 is 1.22. The summed E-state index contributed by atoms with van der Waals surface area (Å²) in [6.07, 6.45) is 2.09. The van der Waals surface area contributed by atoms with Gasteiger partial charge in [0.05, 0.1) is 16.1 Å². The molecule has 0 atom stereocenters. The van der Waals surface area contributed by atoms with Gasteiger partial charge >= 0.3 is 0 Å². The molecule has 4 aromatic rings. The van der Waals surface area contributed by atoms with Crippen molar-refractivity contribution < 1.29 is 4.79 Å². The Morgan fingerprint density at radius 3 is 2.09 bits per heavy atom. The van der Waals surface area contributed by atoms with Crippen LogP contribution in [0.3, 0.4) is 0 Å². The van der Waals surface area contributed by atoms with Gasteiger partial charge in [0.1, 0.15) is 0 Å². The first-order valence-corrected chi connectivity index (χ1v) is 12.9. The number of carbonyl (C=O) groups is 1. The van der Waals surface area contributed by atoms with Crippen molar-refractivity contribution >= 4 is 44.4 Å². The summed E-state index contributed by atoms with van der Waals surface area (Å²) in [6.45, 7) is 3.02. The fraction of sp³-hybridized carbons (Fsp3) is 0.231. The molecule has 1 aliphatic rings. The van der Waals surface area contributed by atoms with Crippen LogP contribution in [0.2, 0.25) is 0 Å². The summed E-state index contributed by atoms with van der Waals surface area (Å²) >= 11 is 3.48. The molecule has 0 bridgehead atoms. The number of piperazine rings is 1. The van der Waals surface area contributed by atoms with Gasteiger partial charge in [-0.05, 0) is 29.5 Å². The molecule has 32 heavy (non-hydrogen) atoms. The summed E-state index contributed by atoms with van der Waals surface area (Å²) in [4.78, 5) is 24.1. The van der Waals surface area contributed by atoms with E-state index >= 15 is 0 Å². The summed E-state index contributed by atoms with van der Waals surface area (Å²) in [6, 6.07) is 26.6. The molecule has 6 heteroatoms. The lowest BCUT2D eigenvalue weighted by Crippen LogP contribution is -2.50. The summed E-state index contributed by atoms with van der Waals surface area (Å²) in [5, 5.41) is 1.05. The number of thiazole rings is 1. The maximum absolute atomic E-state index is 13.7. The predicted octanol–water partition coefficient (Wildman–Crippen LogP) is 5.50. The second-order valence-electron chi connectivity index (χ2n) is 7.87. The predicted molar refractivity (Wildman–Crippen MR) is 135 cm³/mol. The largest absolute Gasteiger partial charge is 0.345 e. The number of benzene rings is 3. The summed E-state index contributed by atoms with van der Waals surface area (Å²) in [5.41, 5.74) is 3.18. The van der Waals surface area contributed by atoms with Crippen LogP contribution in [0, 0.1) is 0 Å². The van der Waals surface area contributed by atoms with Gasteiger partial charge in [0.15, 0.2) is 5.13 Å². The molecule has 0 saturated carbocycles. The SMILES string of the molecule is CSc1cccc2sc(N3CCN(C(=O)C(c4ccccc4)c4ccccc4)CC3)nc12. The van der Waals surface area contributed by atoms with Crippen molar-refractivity contribution in [3.05, 3.63) is 90.0 Å². The van der Waals surface area contributed by atoms with Crippen LogP contribution in [-0.2, 0) is 4.79 Å². The Morgan fingerprint density at radius 1 is 0.875 bits per heavy atom. The number of para-hydroxylation sites is 1. The molecule has 1 aliphatic heterocycles. The van der Waals surface area contributed by atoms with Gasteiger partial charge in [-0.15, -0.1) is 11.8 Å². The zero-order chi connectivity index (χ0) is 21.9. The number of aromatic nitrogens is 1. The first-order chi connectivity index (χ1) is 15.7. The minimum absolute atomic E-state index is 0.177. The van der Waals surface area contributed by atoms with E-state index in [-0.39, 0.29) is 11.8 Å². The Balaban J connectivity index is 1.34. The zero-order valence-corrected chi connectivity index (χ0v) is 19.6. The van der Waals surface area contributed by atoms with E-state index in [1.54, 1.807) is 23.1 Å². The molecule has 0 radical (unpaired) electrons. The highest BCUT2D eigenvalue weighted by Gasteiger charge is 2.30. The molecule has 5 rings (SSSR count). The number of anilines is 1. The highest BCUT2D eigenvalue weighted by atomic mass is 32.2. The molecule has 162 valence electrons. The average molecular weight is 460 g/mol. The van der Waals surface area contributed by atoms with Crippen LogP contribution in [-0.4, -0.2) is 48.2 Å². The van der Waals surface area contributed by atoms with Gasteiger partial charge in [0, 0.05) is 31.1 Å². The normalized spacial score (nSPS) is 14.3. The number of rotatable bonds is 5. The van der Waals surface area contributed by atoms with E-state index in [9.17, 15) is 4.79 Å². The molecule has 0 aliphatic carbocycles. The molecule has 2 heterocycles. The molecule has 0 unspecified atom stereocenters. The minimum atomic E-state index is -0.268. The Kier molecular flexibility index (Phi) is 6.14. The third-order valence-corrected chi connectivity index (χ3v) is 7.82. The Bertz CT molecular complexity index is 1160. The van der Waals surface area contributed by atoms with Gasteiger partial charge in [-0.1, -0.05) is 78.1 Å². The van der Waals surface area contributed by atoms with E-state index in [0.29, 0.717) is 13.1 Å². The summed E-state index contributed by atoms with van der Waals surface area (Å²) in [5.74, 6) is -0.0912. The maximum atomic E-state index is 13.7. The number of amides is 1. The molecule has 1 saturated heterocycles. The van der Waals surface area contributed by atoms with Gasteiger partial charge in [-0.2, -0.15) is 0 Å². The van der Waals surface area contributed by atoms with Gasteiger partial charge in [-0.25, -0.2) is 4.98 Å². The Hall–Kier alpha value is -2.83. The number of fused-ring (bicyclic) bond motifs is 1. The lowest BCUT2D eigenvalue weighted by molar-refractivity contribution is -0.132. The number of carbonyl (C=O) groups excluding carboxylic acids is 1. The molecule has 1 aromatic heterocycles. The van der Waals surface area contributed by atoms with E-state index < -0.39 is 0 Å². The number of thioether (sulfide) groups is 1. The fourth-order valence-electron chi connectivity index (χ4n) is 4.28. The average Bonchev–Trinajstić information content (AvgIpc) is 3.30. The van der Waals surface area contributed by atoms with E-state index in [4.69, 9.17) is 4.98 Å². The van der Waals surface area contributed by atoms with Crippen LogP contribution >= 0.6 is 23.1 Å². The molecular weight excluding hydrogens is 434 g/mol. The molecule has 0 N–H and O–H groups in total. The third kappa shape index (κ3) is 4.12.